The molecule has 1 aliphatic heterocycles. The summed E-state index contributed by atoms with van der Waals surface area (Å²) in [5.74, 6) is 0.166. The molecule has 148 valence electrons. The van der Waals surface area contributed by atoms with E-state index in [1.165, 1.54) is 12.1 Å². The van der Waals surface area contributed by atoms with Crippen LogP contribution in [0.25, 0.3) is 0 Å². The molecule has 1 amide bonds. The van der Waals surface area contributed by atoms with Crippen molar-refractivity contribution < 1.29 is 18.7 Å². The molecule has 2 aromatic carbocycles. The van der Waals surface area contributed by atoms with E-state index in [-0.39, 0.29) is 23.4 Å². The molecular formula is C22H23ClFNO3. The van der Waals surface area contributed by atoms with Crippen LogP contribution >= 0.6 is 11.6 Å². The van der Waals surface area contributed by atoms with Gasteiger partial charge in [0.05, 0.1) is 11.1 Å². The Balaban J connectivity index is 1.22. The molecule has 1 saturated heterocycles. The Morgan fingerprint density at radius 1 is 1.14 bits per heavy atom. The zero-order valence-electron chi connectivity index (χ0n) is 15.6. The van der Waals surface area contributed by atoms with Gasteiger partial charge in [0.2, 0.25) is 0 Å². The van der Waals surface area contributed by atoms with Crippen LogP contribution in [-0.2, 0) is 11.3 Å². The van der Waals surface area contributed by atoms with Crippen LogP contribution in [0.5, 0.6) is 5.75 Å². The standard InChI is InChI=1S/C22H23ClFNO3/c23-19-12-17(24)6-7-20(19)28-18-13-22(14-18)8-10-25(11-9-22)21(26)27-15-16-4-2-1-3-5-16/h1-7,12,18H,8-11,13-15H2. The lowest BCUT2D eigenvalue weighted by molar-refractivity contribution is -0.0536. The second-order valence-electron chi connectivity index (χ2n) is 7.75. The highest BCUT2D eigenvalue weighted by Gasteiger charge is 2.47. The molecule has 0 unspecified atom stereocenters. The Morgan fingerprint density at radius 3 is 2.54 bits per heavy atom. The molecule has 0 radical (unpaired) electrons. The number of hydrogen-bond acceptors (Lipinski definition) is 3. The minimum Gasteiger partial charge on any atom is -0.489 e. The highest BCUT2D eigenvalue weighted by atomic mass is 35.5. The molecule has 4 rings (SSSR count). The van der Waals surface area contributed by atoms with Gasteiger partial charge >= 0.3 is 6.09 Å². The first-order valence-electron chi connectivity index (χ1n) is 9.60. The number of piperidine rings is 1. The summed E-state index contributed by atoms with van der Waals surface area (Å²) in [6.07, 6.45) is 3.62. The quantitative estimate of drug-likeness (QED) is 0.682. The number of halogens is 2. The number of likely N-dealkylation sites (tertiary alicyclic amines) is 1. The summed E-state index contributed by atoms with van der Waals surface area (Å²) in [6.45, 7) is 1.71. The lowest BCUT2D eigenvalue weighted by atomic mass is 9.61. The van der Waals surface area contributed by atoms with Gasteiger partial charge in [0, 0.05) is 13.1 Å². The van der Waals surface area contributed by atoms with Crippen LogP contribution in [0, 0.1) is 11.2 Å². The van der Waals surface area contributed by atoms with Gasteiger partial charge in [-0.25, -0.2) is 9.18 Å². The maximum absolute atomic E-state index is 13.1. The fraction of sp³-hybridized carbons (Fsp3) is 0.409. The van der Waals surface area contributed by atoms with Gasteiger partial charge in [0.25, 0.3) is 0 Å². The van der Waals surface area contributed by atoms with E-state index in [0.29, 0.717) is 30.5 Å². The van der Waals surface area contributed by atoms with E-state index in [9.17, 15) is 9.18 Å². The van der Waals surface area contributed by atoms with Crippen molar-refractivity contribution in [3.8, 4) is 5.75 Å². The molecule has 6 heteroatoms. The monoisotopic (exact) mass is 403 g/mol. The summed E-state index contributed by atoms with van der Waals surface area (Å²) in [6, 6.07) is 13.9. The van der Waals surface area contributed by atoms with Gasteiger partial charge in [-0.05, 0) is 54.9 Å². The van der Waals surface area contributed by atoms with Gasteiger partial charge in [-0.1, -0.05) is 41.9 Å². The van der Waals surface area contributed by atoms with Crippen LogP contribution in [-0.4, -0.2) is 30.2 Å². The van der Waals surface area contributed by atoms with Crippen LogP contribution in [0.2, 0.25) is 5.02 Å². The van der Waals surface area contributed by atoms with Crippen molar-refractivity contribution in [1.82, 2.24) is 4.90 Å². The molecular weight excluding hydrogens is 381 g/mol. The molecule has 4 nitrogen and oxygen atoms in total. The summed E-state index contributed by atoms with van der Waals surface area (Å²) < 4.78 is 24.5. The maximum Gasteiger partial charge on any atom is 0.410 e. The molecule has 1 heterocycles. The maximum atomic E-state index is 13.1. The lowest BCUT2D eigenvalue weighted by Gasteiger charge is -2.51. The van der Waals surface area contributed by atoms with Crippen molar-refractivity contribution in [3.63, 3.8) is 0 Å². The number of carbonyl (C=O) groups excluding carboxylic acids is 1. The number of ether oxygens (including phenoxy) is 2. The number of rotatable bonds is 4. The van der Waals surface area contributed by atoms with Crippen LogP contribution in [0.4, 0.5) is 9.18 Å². The Kier molecular flexibility index (Phi) is 5.44. The Morgan fingerprint density at radius 2 is 1.86 bits per heavy atom. The molecule has 0 N–H and O–H groups in total. The number of nitrogens with zero attached hydrogens (tertiary/aromatic N) is 1. The van der Waals surface area contributed by atoms with Crippen molar-refractivity contribution in [2.75, 3.05) is 13.1 Å². The zero-order chi connectivity index (χ0) is 19.6. The van der Waals surface area contributed by atoms with Crippen molar-refractivity contribution in [1.29, 1.82) is 0 Å². The van der Waals surface area contributed by atoms with Gasteiger partial charge in [-0.3, -0.25) is 0 Å². The van der Waals surface area contributed by atoms with Crippen molar-refractivity contribution >= 4 is 17.7 Å². The van der Waals surface area contributed by atoms with Gasteiger partial charge in [-0.15, -0.1) is 0 Å². The van der Waals surface area contributed by atoms with E-state index in [0.717, 1.165) is 31.2 Å². The molecule has 0 aromatic heterocycles. The molecule has 1 aliphatic carbocycles. The summed E-state index contributed by atoms with van der Waals surface area (Å²) >= 11 is 6.04. The van der Waals surface area contributed by atoms with Gasteiger partial charge in [-0.2, -0.15) is 0 Å². The van der Waals surface area contributed by atoms with Crippen molar-refractivity contribution in [3.05, 3.63) is 64.9 Å². The van der Waals surface area contributed by atoms with E-state index < -0.39 is 0 Å². The minimum absolute atomic E-state index is 0.0968. The SMILES string of the molecule is O=C(OCc1ccccc1)N1CCC2(CC1)CC(Oc1ccc(F)cc1Cl)C2. The highest BCUT2D eigenvalue weighted by Crippen LogP contribution is 2.50. The smallest absolute Gasteiger partial charge is 0.410 e. The average Bonchev–Trinajstić information content (AvgIpc) is 2.68. The van der Waals surface area contributed by atoms with Gasteiger partial charge in [0.15, 0.2) is 0 Å². The summed E-state index contributed by atoms with van der Waals surface area (Å²) in [7, 11) is 0. The summed E-state index contributed by atoms with van der Waals surface area (Å²) in [5, 5.41) is 0.303. The number of amides is 1. The molecule has 2 aliphatic rings. The van der Waals surface area contributed by atoms with Crippen LogP contribution < -0.4 is 4.74 Å². The molecule has 2 fully saturated rings. The third-order valence-electron chi connectivity index (χ3n) is 5.80. The van der Waals surface area contributed by atoms with Crippen molar-refractivity contribution in [2.24, 2.45) is 5.41 Å². The van der Waals surface area contributed by atoms with Crippen molar-refractivity contribution in [2.45, 2.75) is 38.4 Å². The highest BCUT2D eigenvalue weighted by molar-refractivity contribution is 6.32. The second-order valence-corrected chi connectivity index (χ2v) is 8.16. The van der Waals surface area contributed by atoms with E-state index in [4.69, 9.17) is 21.1 Å². The fourth-order valence-corrected chi connectivity index (χ4v) is 4.33. The number of carbonyl (C=O) groups is 1. The van der Waals surface area contributed by atoms with E-state index in [2.05, 4.69) is 0 Å². The predicted molar refractivity (Wildman–Crippen MR) is 105 cm³/mol. The molecule has 1 spiro atoms. The first-order chi connectivity index (χ1) is 13.5. The van der Waals surface area contributed by atoms with E-state index >= 15 is 0 Å². The Bertz CT molecular complexity index is 829. The van der Waals surface area contributed by atoms with Gasteiger partial charge < -0.3 is 14.4 Å². The van der Waals surface area contributed by atoms with E-state index in [1.54, 1.807) is 11.0 Å². The first kappa shape index (κ1) is 19.1. The third-order valence-corrected chi connectivity index (χ3v) is 6.09. The predicted octanol–water partition coefficient (Wildman–Crippen LogP) is 5.44. The number of benzene rings is 2. The Labute approximate surface area is 169 Å². The van der Waals surface area contributed by atoms with Crippen LogP contribution in [0.1, 0.15) is 31.2 Å². The topological polar surface area (TPSA) is 38.8 Å². The third kappa shape index (κ3) is 4.25. The zero-order valence-corrected chi connectivity index (χ0v) is 16.3. The number of hydrogen-bond donors (Lipinski definition) is 0. The van der Waals surface area contributed by atoms with Crippen LogP contribution in [0.3, 0.4) is 0 Å². The normalized spacial score (nSPS) is 18.6. The Hall–Kier alpha value is -2.27. The molecule has 0 bridgehead atoms. The molecule has 2 aromatic rings. The summed E-state index contributed by atoms with van der Waals surface area (Å²) in [5.41, 5.74) is 1.22. The minimum atomic E-state index is -0.367. The average molecular weight is 404 g/mol. The molecule has 0 atom stereocenters. The molecule has 1 saturated carbocycles. The van der Waals surface area contributed by atoms with E-state index in [1.807, 2.05) is 30.3 Å². The van der Waals surface area contributed by atoms with Gasteiger partial charge in [0.1, 0.15) is 18.2 Å². The van der Waals surface area contributed by atoms with Crippen LogP contribution in [0.15, 0.2) is 48.5 Å². The lowest BCUT2D eigenvalue weighted by Crippen LogP contribution is -2.52. The second kappa shape index (κ2) is 8.00. The first-order valence-corrected chi connectivity index (χ1v) is 9.98. The largest absolute Gasteiger partial charge is 0.489 e. The molecule has 28 heavy (non-hydrogen) atoms. The fourth-order valence-electron chi connectivity index (χ4n) is 4.12. The summed E-state index contributed by atoms with van der Waals surface area (Å²) in [4.78, 5) is 14.1.